The Labute approximate surface area is 83.5 Å². The maximum Gasteiger partial charge on any atom is 0.150 e. The molecule has 0 saturated carbocycles. The summed E-state index contributed by atoms with van der Waals surface area (Å²) < 4.78 is 0. The fourth-order valence-electron chi connectivity index (χ4n) is 1.73. The Morgan fingerprint density at radius 3 is 2.93 bits per heavy atom. The molecule has 0 amide bonds. The molecule has 2 rings (SSSR count). The molecule has 1 saturated heterocycles. The van der Waals surface area contributed by atoms with Crippen LogP contribution in [0.15, 0.2) is 6.07 Å². The predicted octanol–water partition coefficient (Wildman–Crippen LogP) is 1.64. The van der Waals surface area contributed by atoms with E-state index < -0.39 is 0 Å². The molecular formula is C10H14N4. The zero-order valence-corrected chi connectivity index (χ0v) is 8.32. The molecule has 1 atom stereocenters. The molecule has 1 aromatic heterocycles. The lowest BCUT2D eigenvalue weighted by Crippen LogP contribution is -2.17. The highest BCUT2D eigenvalue weighted by Gasteiger charge is 2.16. The van der Waals surface area contributed by atoms with Crippen molar-refractivity contribution in [1.29, 1.82) is 5.26 Å². The normalized spacial score (nSPS) is 18.1. The fourth-order valence-corrected chi connectivity index (χ4v) is 1.73. The van der Waals surface area contributed by atoms with Crippen LogP contribution in [0.1, 0.15) is 31.4 Å². The van der Waals surface area contributed by atoms with Gasteiger partial charge in [-0.05, 0) is 19.8 Å². The second-order valence-corrected chi connectivity index (χ2v) is 3.73. The summed E-state index contributed by atoms with van der Waals surface area (Å²) in [6.45, 7) is 4.05. The first kappa shape index (κ1) is 9.07. The summed E-state index contributed by atoms with van der Waals surface area (Å²) >= 11 is 0. The maximum absolute atomic E-state index is 8.75. The molecule has 14 heavy (non-hydrogen) atoms. The summed E-state index contributed by atoms with van der Waals surface area (Å²) in [4.78, 5) is 2.25. The van der Waals surface area contributed by atoms with E-state index in [1.54, 1.807) is 0 Å². The van der Waals surface area contributed by atoms with Crippen LogP contribution in [0.5, 0.6) is 0 Å². The Balaban J connectivity index is 2.13. The number of H-pyrrole nitrogens is 1. The van der Waals surface area contributed by atoms with Crippen LogP contribution in [0, 0.1) is 11.3 Å². The molecule has 1 aliphatic rings. The molecule has 1 fully saturated rings. The monoisotopic (exact) mass is 190 g/mol. The number of aromatic nitrogens is 2. The average Bonchev–Trinajstić information content (AvgIpc) is 2.86. The molecule has 4 heteroatoms. The van der Waals surface area contributed by atoms with Crippen LogP contribution in [0.4, 0.5) is 5.82 Å². The molecule has 0 radical (unpaired) electrons. The van der Waals surface area contributed by atoms with E-state index in [-0.39, 0.29) is 5.92 Å². The van der Waals surface area contributed by atoms with Gasteiger partial charge in [0.15, 0.2) is 5.82 Å². The van der Waals surface area contributed by atoms with Crippen molar-refractivity contribution in [2.45, 2.75) is 25.7 Å². The molecule has 0 aromatic carbocycles. The van der Waals surface area contributed by atoms with Gasteiger partial charge in [0, 0.05) is 19.2 Å². The first-order valence-electron chi connectivity index (χ1n) is 5.01. The van der Waals surface area contributed by atoms with Crippen LogP contribution in [0.2, 0.25) is 0 Å². The van der Waals surface area contributed by atoms with Crippen molar-refractivity contribution in [3.63, 3.8) is 0 Å². The van der Waals surface area contributed by atoms with E-state index in [1.807, 2.05) is 13.0 Å². The minimum Gasteiger partial charge on any atom is -0.355 e. The van der Waals surface area contributed by atoms with Crippen LogP contribution in [-0.2, 0) is 0 Å². The number of nitriles is 1. The van der Waals surface area contributed by atoms with E-state index in [9.17, 15) is 0 Å². The number of anilines is 1. The van der Waals surface area contributed by atoms with Gasteiger partial charge in [-0.1, -0.05) is 0 Å². The lowest BCUT2D eigenvalue weighted by molar-refractivity contribution is 0.880. The zero-order chi connectivity index (χ0) is 9.97. The highest BCUT2D eigenvalue weighted by molar-refractivity contribution is 5.41. The topological polar surface area (TPSA) is 55.7 Å². The first-order chi connectivity index (χ1) is 6.81. The van der Waals surface area contributed by atoms with E-state index in [2.05, 4.69) is 21.2 Å². The smallest absolute Gasteiger partial charge is 0.150 e. The zero-order valence-electron chi connectivity index (χ0n) is 8.32. The van der Waals surface area contributed by atoms with E-state index in [0.717, 1.165) is 24.6 Å². The SMILES string of the molecule is CC(C#N)c1cc(N2CCCC2)n[nH]1. The third-order valence-electron chi connectivity index (χ3n) is 2.67. The van der Waals surface area contributed by atoms with Gasteiger partial charge in [0.2, 0.25) is 0 Å². The summed E-state index contributed by atoms with van der Waals surface area (Å²) in [5.74, 6) is 0.887. The Morgan fingerprint density at radius 1 is 1.57 bits per heavy atom. The van der Waals surface area contributed by atoms with Gasteiger partial charge in [-0.15, -0.1) is 0 Å². The van der Waals surface area contributed by atoms with Crippen molar-refractivity contribution in [3.05, 3.63) is 11.8 Å². The van der Waals surface area contributed by atoms with E-state index in [1.165, 1.54) is 12.8 Å². The molecule has 0 bridgehead atoms. The standard InChI is InChI=1S/C10H14N4/c1-8(7-11)9-6-10(13-12-9)14-4-2-3-5-14/h6,8H,2-5H2,1H3,(H,12,13). The van der Waals surface area contributed by atoms with Crippen molar-refractivity contribution in [3.8, 4) is 6.07 Å². The van der Waals surface area contributed by atoms with Gasteiger partial charge in [-0.2, -0.15) is 10.4 Å². The molecule has 1 aliphatic heterocycles. The minimum atomic E-state index is -0.0983. The molecule has 0 spiro atoms. The van der Waals surface area contributed by atoms with Crippen molar-refractivity contribution < 1.29 is 0 Å². The lowest BCUT2D eigenvalue weighted by atomic mass is 10.1. The molecule has 1 N–H and O–H groups in total. The van der Waals surface area contributed by atoms with Gasteiger partial charge in [-0.3, -0.25) is 5.10 Å². The summed E-state index contributed by atoms with van der Waals surface area (Å²) in [5.41, 5.74) is 0.911. The molecule has 1 unspecified atom stereocenters. The third kappa shape index (κ3) is 1.58. The Hall–Kier alpha value is -1.50. The summed E-state index contributed by atoms with van der Waals surface area (Å²) in [6, 6.07) is 4.18. The highest BCUT2D eigenvalue weighted by atomic mass is 15.3. The van der Waals surface area contributed by atoms with Crippen LogP contribution in [-0.4, -0.2) is 23.3 Å². The number of rotatable bonds is 2. The van der Waals surface area contributed by atoms with Crippen LogP contribution in [0.25, 0.3) is 0 Å². The van der Waals surface area contributed by atoms with Gasteiger partial charge in [-0.25, -0.2) is 0 Å². The average molecular weight is 190 g/mol. The minimum absolute atomic E-state index is 0.0983. The summed E-state index contributed by atoms with van der Waals surface area (Å²) in [7, 11) is 0. The lowest BCUT2D eigenvalue weighted by Gasteiger charge is -2.12. The molecular weight excluding hydrogens is 176 g/mol. The number of hydrogen-bond acceptors (Lipinski definition) is 3. The third-order valence-corrected chi connectivity index (χ3v) is 2.67. The largest absolute Gasteiger partial charge is 0.355 e. The van der Waals surface area contributed by atoms with Crippen LogP contribution < -0.4 is 4.90 Å². The van der Waals surface area contributed by atoms with Gasteiger partial charge in [0.05, 0.1) is 17.7 Å². The second-order valence-electron chi connectivity index (χ2n) is 3.73. The van der Waals surface area contributed by atoms with E-state index in [4.69, 9.17) is 5.26 Å². The number of aromatic amines is 1. The Kier molecular flexibility index (Phi) is 2.40. The summed E-state index contributed by atoms with van der Waals surface area (Å²) in [6.07, 6.45) is 2.49. The first-order valence-corrected chi connectivity index (χ1v) is 5.01. The maximum atomic E-state index is 8.75. The second kappa shape index (κ2) is 3.70. The van der Waals surface area contributed by atoms with Gasteiger partial charge < -0.3 is 4.90 Å². The van der Waals surface area contributed by atoms with Gasteiger partial charge in [0.25, 0.3) is 0 Å². The van der Waals surface area contributed by atoms with E-state index >= 15 is 0 Å². The number of nitrogens with zero attached hydrogens (tertiary/aromatic N) is 3. The van der Waals surface area contributed by atoms with Crippen molar-refractivity contribution in [2.24, 2.45) is 0 Å². The quantitative estimate of drug-likeness (QED) is 0.771. The molecule has 0 aliphatic carbocycles. The van der Waals surface area contributed by atoms with Crippen molar-refractivity contribution in [2.75, 3.05) is 18.0 Å². The fraction of sp³-hybridized carbons (Fsp3) is 0.600. The van der Waals surface area contributed by atoms with Gasteiger partial charge in [0.1, 0.15) is 0 Å². The Morgan fingerprint density at radius 2 is 2.29 bits per heavy atom. The molecule has 1 aromatic rings. The van der Waals surface area contributed by atoms with Crippen molar-refractivity contribution >= 4 is 5.82 Å². The van der Waals surface area contributed by atoms with E-state index in [0.29, 0.717) is 0 Å². The van der Waals surface area contributed by atoms with Gasteiger partial charge >= 0.3 is 0 Å². The molecule has 4 nitrogen and oxygen atoms in total. The predicted molar refractivity (Wildman–Crippen MR) is 54.1 cm³/mol. The molecule has 74 valence electrons. The Bertz CT molecular complexity index is 343. The molecule has 2 heterocycles. The number of nitrogens with one attached hydrogen (secondary N) is 1. The van der Waals surface area contributed by atoms with Crippen molar-refractivity contribution in [1.82, 2.24) is 10.2 Å². The highest BCUT2D eigenvalue weighted by Crippen LogP contribution is 2.21. The number of hydrogen-bond donors (Lipinski definition) is 1. The van der Waals surface area contributed by atoms with Crippen LogP contribution >= 0.6 is 0 Å². The summed E-state index contributed by atoms with van der Waals surface area (Å²) in [5, 5.41) is 15.9. The van der Waals surface area contributed by atoms with Crippen LogP contribution in [0.3, 0.4) is 0 Å².